The molecule has 12 heavy (non-hydrogen) atoms. The summed E-state index contributed by atoms with van der Waals surface area (Å²) in [4.78, 5) is 7.35. The van der Waals surface area contributed by atoms with Crippen LogP contribution in [0.1, 0.15) is 0 Å². The third-order valence-corrected chi connectivity index (χ3v) is 0.961. The lowest BCUT2D eigenvalue weighted by Gasteiger charge is -1.70. The molecule has 0 unspecified atom stereocenters. The molecule has 0 amide bonds. The molecule has 0 aliphatic heterocycles. The van der Waals surface area contributed by atoms with E-state index in [1.165, 1.54) is 6.33 Å². The van der Waals surface area contributed by atoms with Gasteiger partial charge in [0.05, 0.1) is 0 Å². The lowest BCUT2D eigenvalue weighted by atomic mass is 10.6. The highest BCUT2D eigenvalue weighted by molar-refractivity contribution is 4.79. The van der Waals surface area contributed by atoms with Crippen molar-refractivity contribution >= 4 is 0 Å². The molecule has 0 saturated heterocycles. The van der Waals surface area contributed by atoms with Crippen molar-refractivity contribution in [2.24, 2.45) is 0 Å². The van der Waals surface area contributed by atoms with Crippen LogP contribution < -0.4 is 0 Å². The maximum Gasteiger partial charge on any atom is 0.115 e. The van der Waals surface area contributed by atoms with E-state index in [0.29, 0.717) is 0 Å². The second-order valence-electron chi connectivity index (χ2n) is 1.82. The number of aromatic nitrogens is 4. The van der Waals surface area contributed by atoms with Crippen molar-refractivity contribution in [2.45, 2.75) is 0 Å². The molecule has 2 heterocycles. The van der Waals surface area contributed by atoms with Gasteiger partial charge < -0.3 is 0 Å². The number of nitrogens with zero attached hydrogens (tertiary/aromatic N) is 4. The molecule has 2 aromatic rings. The van der Waals surface area contributed by atoms with Gasteiger partial charge in [0.1, 0.15) is 6.33 Å². The minimum absolute atomic E-state index is 1.50. The normalized spacial score (nSPS) is 8.00. The van der Waals surface area contributed by atoms with Crippen LogP contribution in [0, 0.1) is 0 Å². The summed E-state index contributed by atoms with van der Waals surface area (Å²) in [6.07, 6.45) is 8.15. The van der Waals surface area contributed by atoms with Crippen LogP contribution in [0.3, 0.4) is 0 Å². The monoisotopic (exact) mass is 160 g/mol. The van der Waals surface area contributed by atoms with E-state index >= 15 is 0 Å². The quantitative estimate of drug-likeness (QED) is 0.575. The molecule has 0 aliphatic rings. The Bertz CT molecular complexity index is 186. The standard InChI is InChI=1S/2C4H4N2/c1-2-5-4-6-3-1;1-2-4-6-5-3-1/h2*1-4H. The van der Waals surface area contributed by atoms with Gasteiger partial charge in [0.25, 0.3) is 0 Å². The van der Waals surface area contributed by atoms with Crippen molar-refractivity contribution in [3.63, 3.8) is 0 Å². The van der Waals surface area contributed by atoms with E-state index in [1.807, 2.05) is 12.1 Å². The van der Waals surface area contributed by atoms with E-state index in [0.717, 1.165) is 0 Å². The van der Waals surface area contributed by atoms with E-state index in [2.05, 4.69) is 20.2 Å². The Morgan fingerprint density at radius 1 is 0.583 bits per heavy atom. The molecule has 0 radical (unpaired) electrons. The molecule has 2 rings (SSSR count). The van der Waals surface area contributed by atoms with Gasteiger partial charge in [0, 0.05) is 24.8 Å². The van der Waals surface area contributed by atoms with Gasteiger partial charge in [0.2, 0.25) is 0 Å². The predicted octanol–water partition coefficient (Wildman–Crippen LogP) is 0.953. The molecule has 0 saturated carbocycles. The maximum atomic E-state index is 3.67. The first kappa shape index (κ1) is 8.26. The molecule has 0 spiro atoms. The topological polar surface area (TPSA) is 51.6 Å². The fraction of sp³-hybridized carbons (Fsp3) is 0. The average Bonchev–Trinajstić information content (AvgIpc) is 2.24. The van der Waals surface area contributed by atoms with Gasteiger partial charge in [-0.2, -0.15) is 10.2 Å². The van der Waals surface area contributed by atoms with Crippen molar-refractivity contribution < 1.29 is 0 Å². The molecule has 0 atom stereocenters. The zero-order chi connectivity index (χ0) is 8.49. The van der Waals surface area contributed by atoms with Crippen molar-refractivity contribution in [2.75, 3.05) is 0 Å². The summed E-state index contributed by atoms with van der Waals surface area (Å²) in [6, 6.07) is 5.43. The van der Waals surface area contributed by atoms with Gasteiger partial charge in [-0.1, -0.05) is 0 Å². The molecule has 60 valence electrons. The second-order valence-corrected chi connectivity index (χ2v) is 1.82. The summed E-state index contributed by atoms with van der Waals surface area (Å²) < 4.78 is 0. The first-order valence-electron chi connectivity index (χ1n) is 3.42. The molecule has 0 N–H and O–H groups in total. The highest BCUT2D eigenvalue weighted by Crippen LogP contribution is 1.68. The third-order valence-electron chi connectivity index (χ3n) is 0.961. The second kappa shape index (κ2) is 5.91. The fourth-order valence-electron chi connectivity index (χ4n) is 0.507. The van der Waals surface area contributed by atoms with Crippen LogP contribution in [-0.2, 0) is 0 Å². The SMILES string of the molecule is c1ccnnc1.c1cncnc1. The van der Waals surface area contributed by atoms with Crippen molar-refractivity contribution in [3.05, 3.63) is 49.3 Å². The van der Waals surface area contributed by atoms with Gasteiger partial charge in [-0.25, -0.2) is 9.97 Å². The van der Waals surface area contributed by atoms with Gasteiger partial charge >= 0.3 is 0 Å². The number of rotatable bonds is 0. The Labute approximate surface area is 70.3 Å². The smallest absolute Gasteiger partial charge is 0.115 e. The Morgan fingerprint density at radius 3 is 1.33 bits per heavy atom. The van der Waals surface area contributed by atoms with Gasteiger partial charge in [-0.15, -0.1) is 0 Å². The van der Waals surface area contributed by atoms with E-state index < -0.39 is 0 Å². The van der Waals surface area contributed by atoms with E-state index in [9.17, 15) is 0 Å². The summed E-state index contributed by atoms with van der Waals surface area (Å²) >= 11 is 0. The molecule has 0 fully saturated rings. The van der Waals surface area contributed by atoms with Crippen LogP contribution in [0.5, 0.6) is 0 Å². The van der Waals surface area contributed by atoms with Gasteiger partial charge in [0.15, 0.2) is 0 Å². The Hall–Kier alpha value is -1.84. The molecule has 2 aromatic heterocycles. The molecule has 0 aliphatic carbocycles. The first-order chi connectivity index (χ1) is 6.00. The van der Waals surface area contributed by atoms with Crippen molar-refractivity contribution in [1.29, 1.82) is 0 Å². The zero-order valence-corrected chi connectivity index (χ0v) is 6.41. The summed E-state index contributed by atoms with van der Waals surface area (Å²) in [5.41, 5.74) is 0. The lowest BCUT2D eigenvalue weighted by molar-refractivity contribution is 1.03. The van der Waals surface area contributed by atoms with Gasteiger partial charge in [-0.05, 0) is 18.2 Å². The Kier molecular flexibility index (Phi) is 4.07. The third kappa shape index (κ3) is 4.05. The molecule has 0 bridgehead atoms. The minimum Gasteiger partial charge on any atom is -0.245 e. The van der Waals surface area contributed by atoms with Crippen LogP contribution in [0.15, 0.2) is 49.3 Å². The summed E-state index contributed by atoms with van der Waals surface area (Å²) in [7, 11) is 0. The van der Waals surface area contributed by atoms with Crippen LogP contribution in [0.25, 0.3) is 0 Å². The van der Waals surface area contributed by atoms with Crippen LogP contribution >= 0.6 is 0 Å². The maximum absolute atomic E-state index is 3.67. The summed E-state index contributed by atoms with van der Waals surface area (Å²) in [5, 5.41) is 7.07. The zero-order valence-electron chi connectivity index (χ0n) is 6.41. The molecular formula is C8H8N4. The Balaban J connectivity index is 0.000000120. The highest BCUT2D eigenvalue weighted by Gasteiger charge is 1.59. The molecule has 4 heteroatoms. The lowest BCUT2D eigenvalue weighted by Crippen LogP contribution is -1.69. The summed E-state index contributed by atoms with van der Waals surface area (Å²) in [6.45, 7) is 0. The van der Waals surface area contributed by atoms with Crippen molar-refractivity contribution in [3.8, 4) is 0 Å². The summed E-state index contributed by atoms with van der Waals surface area (Å²) in [5.74, 6) is 0. The van der Waals surface area contributed by atoms with E-state index in [1.54, 1.807) is 30.9 Å². The van der Waals surface area contributed by atoms with Crippen LogP contribution in [0.2, 0.25) is 0 Å². The largest absolute Gasteiger partial charge is 0.245 e. The fourth-order valence-corrected chi connectivity index (χ4v) is 0.507. The van der Waals surface area contributed by atoms with Crippen LogP contribution in [-0.4, -0.2) is 20.2 Å². The first-order valence-corrected chi connectivity index (χ1v) is 3.42. The number of hydrogen-bond acceptors (Lipinski definition) is 4. The number of hydrogen-bond donors (Lipinski definition) is 0. The minimum atomic E-state index is 1.50. The van der Waals surface area contributed by atoms with Crippen molar-refractivity contribution in [1.82, 2.24) is 20.2 Å². The Morgan fingerprint density at radius 2 is 1.17 bits per heavy atom. The molecule has 4 nitrogen and oxygen atoms in total. The van der Waals surface area contributed by atoms with E-state index in [-0.39, 0.29) is 0 Å². The average molecular weight is 160 g/mol. The predicted molar refractivity (Wildman–Crippen MR) is 44.1 cm³/mol. The van der Waals surface area contributed by atoms with E-state index in [4.69, 9.17) is 0 Å². The van der Waals surface area contributed by atoms with Gasteiger partial charge in [-0.3, -0.25) is 0 Å². The molecule has 0 aromatic carbocycles. The van der Waals surface area contributed by atoms with Crippen LogP contribution in [0.4, 0.5) is 0 Å². The highest BCUT2D eigenvalue weighted by atomic mass is 15.1. The molecular weight excluding hydrogens is 152 g/mol.